The van der Waals surface area contributed by atoms with Gasteiger partial charge in [0.25, 0.3) is 0 Å². The maximum atomic E-state index is 3.22. The van der Waals surface area contributed by atoms with E-state index in [1.54, 1.807) is 0 Å². The normalized spacial score (nSPS) is 11.2. The molecule has 0 saturated heterocycles. The molecule has 1 nitrogen and oxygen atoms in total. The molecule has 1 heteroatoms. The summed E-state index contributed by atoms with van der Waals surface area (Å²) >= 11 is 0. The Morgan fingerprint density at radius 2 is 2.18 bits per heavy atom. The van der Waals surface area contributed by atoms with Crippen LogP contribution in [0.1, 0.15) is 30.2 Å². The summed E-state index contributed by atoms with van der Waals surface area (Å²) in [6.45, 7) is 6.40. The molecule has 0 aliphatic carbocycles. The van der Waals surface area contributed by atoms with E-state index in [9.17, 15) is 0 Å². The lowest BCUT2D eigenvalue weighted by Gasteiger charge is -1.90. The Hall–Kier alpha value is -0.980. The van der Waals surface area contributed by atoms with Crippen molar-refractivity contribution in [1.82, 2.24) is 4.98 Å². The van der Waals surface area contributed by atoms with Crippen molar-refractivity contribution in [2.45, 2.75) is 27.2 Å². The Morgan fingerprint density at radius 3 is 2.64 bits per heavy atom. The van der Waals surface area contributed by atoms with Gasteiger partial charge in [-0.15, -0.1) is 0 Å². The van der Waals surface area contributed by atoms with Gasteiger partial charge in [-0.05, 0) is 37.5 Å². The lowest BCUT2D eigenvalue weighted by atomic mass is 10.2. The fourth-order valence-electron chi connectivity index (χ4n) is 1.02. The minimum atomic E-state index is 1.09. The first-order chi connectivity index (χ1) is 5.25. The van der Waals surface area contributed by atoms with Gasteiger partial charge in [-0.25, -0.2) is 0 Å². The lowest BCUT2D eigenvalue weighted by molar-refractivity contribution is 1.23. The van der Waals surface area contributed by atoms with Crippen molar-refractivity contribution in [2.75, 3.05) is 0 Å². The standard InChI is InChI=1S/C10H15N/c1-4-5-6-10-9(3)8(2)7-11-10/h5-7,11H,4H2,1-3H3/b6-5-. The van der Waals surface area contributed by atoms with Crippen molar-refractivity contribution in [3.8, 4) is 0 Å². The second-order valence-corrected chi connectivity index (χ2v) is 2.82. The van der Waals surface area contributed by atoms with E-state index in [-0.39, 0.29) is 0 Å². The Kier molecular flexibility index (Phi) is 2.53. The quantitative estimate of drug-likeness (QED) is 0.665. The van der Waals surface area contributed by atoms with Crippen LogP contribution in [0.3, 0.4) is 0 Å². The minimum Gasteiger partial charge on any atom is -0.361 e. The van der Waals surface area contributed by atoms with Crippen LogP contribution in [0.5, 0.6) is 0 Å². The highest BCUT2D eigenvalue weighted by Gasteiger charge is 1.97. The SMILES string of the molecule is CC/C=C\c1[nH]cc(C)c1C. The zero-order valence-electron chi connectivity index (χ0n) is 7.44. The fraction of sp³-hybridized carbons (Fsp3) is 0.400. The van der Waals surface area contributed by atoms with E-state index in [2.05, 4.69) is 37.9 Å². The second-order valence-electron chi connectivity index (χ2n) is 2.82. The number of aromatic nitrogens is 1. The van der Waals surface area contributed by atoms with Crippen LogP contribution in [-0.2, 0) is 0 Å². The molecule has 60 valence electrons. The first kappa shape index (κ1) is 8.12. The highest BCUT2D eigenvalue weighted by Crippen LogP contribution is 2.12. The van der Waals surface area contributed by atoms with Crippen molar-refractivity contribution in [1.29, 1.82) is 0 Å². The monoisotopic (exact) mass is 149 g/mol. The fourth-order valence-corrected chi connectivity index (χ4v) is 1.02. The van der Waals surface area contributed by atoms with Gasteiger partial charge in [0.2, 0.25) is 0 Å². The van der Waals surface area contributed by atoms with Gasteiger partial charge < -0.3 is 4.98 Å². The molecule has 1 rings (SSSR count). The number of allylic oxidation sites excluding steroid dienone is 1. The van der Waals surface area contributed by atoms with Gasteiger partial charge in [-0.1, -0.05) is 13.0 Å². The maximum Gasteiger partial charge on any atom is 0.0409 e. The van der Waals surface area contributed by atoms with E-state index in [1.165, 1.54) is 16.8 Å². The molecule has 1 aromatic heterocycles. The van der Waals surface area contributed by atoms with Crippen LogP contribution in [0.2, 0.25) is 0 Å². The molecule has 1 aromatic rings. The number of nitrogens with one attached hydrogen (secondary N) is 1. The number of aromatic amines is 1. The second kappa shape index (κ2) is 3.42. The first-order valence-corrected chi connectivity index (χ1v) is 4.06. The summed E-state index contributed by atoms with van der Waals surface area (Å²) in [5, 5.41) is 0. The Balaban J connectivity index is 2.87. The zero-order chi connectivity index (χ0) is 8.27. The molecule has 0 spiro atoms. The minimum absolute atomic E-state index is 1.09. The van der Waals surface area contributed by atoms with E-state index in [1.807, 2.05) is 6.20 Å². The summed E-state index contributed by atoms with van der Waals surface area (Å²) in [6.07, 6.45) is 7.45. The van der Waals surface area contributed by atoms with Crippen molar-refractivity contribution in [3.05, 3.63) is 29.1 Å². The summed E-state index contributed by atoms with van der Waals surface area (Å²) in [5.41, 5.74) is 3.93. The highest BCUT2D eigenvalue weighted by molar-refractivity contribution is 5.51. The molecule has 0 fully saturated rings. The predicted molar refractivity (Wildman–Crippen MR) is 49.6 cm³/mol. The van der Waals surface area contributed by atoms with Crippen molar-refractivity contribution < 1.29 is 0 Å². The first-order valence-electron chi connectivity index (χ1n) is 4.06. The van der Waals surface area contributed by atoms with E-state index in [0.717, 1.165) is 6.42 Å². The van der Waals surface area contributed by atoms with Gasteiger partial charge in [0.15, 0.2) is 0 Å². The van der Waals surface area contributed by atoms with Crippen LogP contribution >= 0.6 is 0 Å². The zero-order valence-corrected chi connectivity index (χ0v) is 7.44. The molecule has 0 radical (unpaired) electrons. The van der Waals surface area contributed by atoms with Crippen LogP contribution in [0.15, 0.2) is 12.3 Å². The number of H-pyrrole nitrogens is 1. The molecule has 0 aliphatic heterocycles. The summed E-state index contributed by atoms with van der Waals surface area (Å²) in [5.74, 6) is 0. The molecular weight excluding hydrogens is 134 g/mol. The molecule has 1 heterocycles. The predicted octanol–water partition coefficient (Wildman–Crippen LogP) is 3.05. The molecule has 0 aliphatic rings. The largest absolute Gasteiger partial charge is 0.361 e. The number of aryl methyl sites for hydroxylation is 1. The van der Waals surface area contributed by atoms with Gasteiger partial charge in [0.1, 0.15) is 0 Å². The average Bonchev–Trinajstić information content (AvgIpc) is 2.31. The third-order valence-electron chi connectivity index (χ3n) is 1.96. The molecular formula is C10H15N. The van der Waals surface area contributed by atoms with E-state index in [4.69, 9.17) is 0 Å². The van der Waals surface area contributed by atoms with Crippen LogP contribution in [0, 0.1) is 13.8 Å². The Labute approximate surface area is 68.1 Å². The van der Waals surface area contributed by atoms with Crippen LogP contribution in [0.4, 0.5) is 0 Å². The number of hydrogen-bond donors (Lipinski definition) is 1. The summed E-state index contributed by atoms with van der Waals surface area (Å²) < 4.78 is 0. The molecule has 0 unspecified atom stereocenters. The van der Waals surface area contributed by atoms with Crippen molar-refractivity contribution in [2.24, 2.45) is 0 Å². The molecule has 0 atom stereocenters. The molecule has 0 bridgehead atoms. The molecule has 11 heavy (non-hydrogen) atoms. The molecule has 0 aromatic carbocycles. The van der Waals surface area contributed by atoms with Crippen LogP contribution in [-0.4, -0.2) is 4.98 Å². The van der Waals surface area contributed by atoms with Crippen LogP contribution in [0.25, 0.3) is 6.08 Å². The van der Waals surface area contributed by atoms with Crippen molar-refractivity contribution >= 4 is 6.08 Å². The van der Waals surface area contributed by atoms with Gasteiger partial charge in [0.05, 0.1) is 0 Å². The van der Waals surface area contributed by atoms with Gasteiger partial charge in [-0.3, -0.25) is 0 Å². The Morgan fingerprint density at radius 1 is 1.45 bits per heavy atom. The maximum absolute atomic E-state index is 3.22. The smallest absolute Gasteiger partial charge is 0.0409 e. The Bertz CT molecular complexity index is 256. The average molecular weight is 149 g/mol. The van der Waals surface area contributed by atoms with Crippen LogP contribution < -0.4 is 0 Å². The van der Waals surface area contributed by atoms with E-state index < -0.39 is 0 Å². The van der Waals surface area contributed by atoms with E-state index >= 15 is 0 Å². The van der Waals surface area contributed by atoms with Gasteiger partial charge in [0, 0.05) is 11.9 Å². The highest BCUT2D eigenvalue weighted by atomic mass is 14.7. The summed E-state index contributed by atoms with van der Waals surface area (Å²) in [4.78, 5) is 3.22. The number of rotatable bonds is 2. The summed E-state index contributed by atoms with van der Waals surface area (Å²) in [6, 6.07) is 0. The molecule has 0 saturated carbocycles. The topological polar surface area (TPSA) is 15.8 Å². The third kappa shape index (κ3) is 1.73. The van der Waals surface area contributed by atoms with Gasteiger partial charge >= 0.3 is 0 Å². The van der Waals surface area contributed by atoms with Gasteiger partial charge in [-0.2, -0.15) is 0 Å². The van der Waals surface area contributed by atoms with Crippen molar-refractivity contribution in [3.63, 3.8) is 0 Å². The summed E-state index contributed by atoms with van der Waals surface area (Å²) in [7, 11) is 0. The molecule has 0 amide bonds. The molecule has 1 N–H and O–H groups in total. The van der Waals surface area contributed by atoms with E-state index in [0.29, 0.717) is 0 Å². The third-order valence-corrected chi connectivity index (χ3v) is 1.96. The number of hydrogen-bond acceptors (Lipinski definition) is 0. The lowest BCUT2D eigenvalue weighted by Crippen LogP contribution is -1.75.